The molecule has 2 heterocycles. The van der Waals surface area contributed by atoms with Crippen molar-refractivity contribution in [3.05, 3.63) is 76.9 Å². The lowest BCUT2D eigenvalue weighted by molar-refractivity contribution is -0.123. The smallest absolute Gasteiger partial charge is 0.254 e. The number of amides is 2. The molecular weight excluding hydrogens is 538 g/mol. The van der Waals surface area contributed by atoms with Crippen LogP contribution < -0.4 is 24.3 Å². The van der Waals surface area contributed by atoms with Crippen molar-refractivity contribution in [3.63, 3.8) is 0 Å². The third-order valence-electron chi connectivity index (χ3n) is 7.62. The van der Waals surface area contributed by atoms with Gasteiger partial charge in [-0.1, -0.05) is 24.3 Å². The van der Waals surface area contributed by atoms with Crippen molar-refractivity contribution in [2.45, 2.75) is 32.2 Å². The third-order valence-corrected chi connectivity index (χ3v) is 7.62. The largest absolute Gasteiger partial charge is 0.493 e. The monoisotopic (exact) mass is 575 g/mol. The van der Waals surface area contributed by atoms with Crippen LogP contribution in [-0.4, -0.2) is 81.8 Å². The molecule has 1 fully saturated rings. The number of hydrogen-bond donors (Lipinski definition) is 1. The van der Waals surface area contributed by atoms with Gasteiger partial charge in [0.25, 0.3) is 5.91 Å². The highest BCUT2D eigenvalue weighted by atomic mass is 16.5. The molecule has 0 saturated carbocycles. The molecule has 10 nitrogen and oxygen atoms in total. The number of carbonyl (C=O) groups is 2. The molecular formula is C32H37N3O7. The standard InChI is InChI=1S/C32H37N3O7/c1-20-9-10-22-14-27(20)42-24-8-6-7-21(13-24)19-41-28-17-35(16-25(28)33-29(36)18-34(2)32(22)37)15-23-11-12-26(38-3)31(40-5)30(23)39-4/h6-14,25,28H,15-19H2,1-5H3,(H,33,36)/t25-,28-/m0/s1. The average molecular weight is 576 g/mol. The van der Waals surface area contributed by atoms with Gasteiger partial charge in [-0.3, -0.25) is 14.5 Å². The molecule has 3 aromatic carbocycles. The number of likely N-dealkylation sites (N-methyl/N-ethyl adjacent to an activating group) is 1. The summed E-state index contributed by atoms with van der Waals surface area (Å²) in [4.78, 5) is 30.0. The van der Waals surface area contributed by atoms with Gasteiger partial charge in [0.2, 0.25) is 11.7 Å². The Morgan fingerprint density at radius 3 is 2.52 bits per heavy atom. The van der Waals surface area contributed by atoms with Crippen molar-refractivity contribution >= 4 is 11.8 Å². The maximum absolute atomic E-state index is 13.2. The van der Waals surface area contributed by atoms with E-state index in [1.54, 1.807) is 40.5 Å². The molecule has 0 aromatic heterocycles. The molecule has 2 atom stereocenters. The Morgan fingerprint density at radius 1 is 0.952 bits per heavy atom. The maximum Gasteiger partial charge on any atom is 0.254 e. The first-order valence-electron chi connectivity index (χ1n) is 13.8. The highest BCUT2D eigenvalue weighted by molar-refractivity contribution is 5.96. The normalized spacial score (nSPS) is 19.5. The van der Waals surface area contributed by atoms with Crippen molar-refractivity contribution in [1.29, 1.82) is 0 Å². The molecule has 42 heavy (non-hydrogen) atoms. The second-order valence-corrected chi connectivity index (χ2v) is 10.6. The minimum Gasteiger partial charge on any atom is -0.493 e. The molecule has 0 spiro atoms. The van der Waals surface area contributed by atoms with Gasteiger partial charge in [0.05, 0.1) is 46.6 Å². The Labute approximate surface area is 246 Å². The molecule has 2 aliphatic heterocycles. The minimum absolute atomic E-state index is 0.0886. The van der Waals surface area contributed by atoms with E-state index in [4.69, 9.17) is 23.7 Å². The fraction of sp³-hybridized carbons (Fsp3) is 0.375. The number of hydrogen-bond acceptors (Lipinski definition) is 8. The van der Waals surface area contributed by atoms with Crippen LogP contribution >= 0.6 is 0 Å². The number of fused-ring (bicyclic) bond motifs is 5. The van der Waals surface area contributed by atoms with Gasteiger partial charge < -0.3 is 33.9 Å². The van der Waals surface area contributed by atoms with E-state index < -0.39 is 0 Å². The fourth-order valence-corrected chi connectivity index (χ4v) is 5.45. The molecule has 0 radical (unpaired) electrons. The van der Waals surface area contributed by atoms with Crippen LogP contribution in [0.2, 0.25) is 0 Å². The summed E-state index contributed by atoms with van der Waals surface area (Å²) in [6, 6.07) is 16.5. The van der Waals surface area contributed by atoms with E-state index in [1.165, 1.54) is 4.90 Å². The minimum atomic E-state index is -0.287. The van der Waals surface area contributed by atoms with E-state index in [0.29, 0.717) is 60.6 Å². The number of nitrogens with zero attached hydrogens (tertiary/aromatic N) is 2. The summed E-state index contributed by atoms with van der Waals surface area (Å²) in [5, 5.41) is 3.12. The molecule has 3 aromatic rings. The van der Waals surface area contributed by atoms with E-state index >= 15 is 0 Å². The molecule has 0 aliphatic carbocycles. The number of nitrogens with one attached hydrogen (secondary N) is 1. The predicted octanol–water partition coefficient (Wildman–Crippen LogP) is 3.78. The van der Waals surface area contributed by atoms with Crippen molar-refractivity contribution < 1.29 is 33.3 Å². The molecule has 222 valence electrons. The quantitative estimate of drug-likeness (QED) is 0.491. The number of rotatable bonds is 5. The number of aryl methyl sites for hydroxylation is 1. The molecule has 1 saturated heterocycles. The van der Waals surface area contributed by atoms with Crippen molar-refractivity contribution in [2.24, 2.45) is 0 Å². The SMILES string of the molecule is COc1ccc(CN2C[C@@H]3NC(=O)CN(C)C(=O)c4ccc(C)c(c4)Oc4cccc(c4)CO[C@H]3C2)c(OC)c1OC. The lowest BCUT2D eigenvalue weighted by atomic mass is 10.1. The van der Waals surface area contributed by atoms with Crippen LogP contribution in [0.3, 0.4) is 0 Å². The number of benzene rings is 3. The Kier molecular flexibility index (Phi) is 8.84. The topological polar surface area (TPSA) is 98.8 Å². The number of likely N-dealkylation sites (tertiary alicyclic amines) is 1. The predicted molar refractivity (Wildman–Crippen MR) is 157 cm³/mol. The van der Waals surface area contributed by atoms with Crippen molar-refractivity contribution in [1.82, 2.24) is 15.1 Å². The van der Waals surface area contributed by atoms with Crippen LogP contribution in [0.5, 0.6) is 28.7 Å². The number of methoxy groups -OCH3 is 3. The van der Waals surface area contributed by atoms with Crippen LogP contribution in [0, 0.1) is 6.92 Å². The zero-order chi connectivity index (χ0) is 29.8. The first-order chi connectivity index (χ1) is 20.3. The van der Waals surface area contributed by atoms with Crippen LogP contribution in [0.1, 0.15) is 27.0 Å². The van der Waals surface area contributed by atoms with Crippen LogP contribution in [0.15, 0.2) is 54.6 Å². The molecule has 10 heteroatoms. The average Bonchev–Trinajstić information content (AvgIpc) is 3.36. The van der Waals surface area contributed by atoms with E-state index in [9.17, 15) is 9.59 Å². The Bertz CT molecular complexity index is 1460. The van der Waals surface area contributed by atoms with Gasteiger partial charge >= 0.3 is 0 Å². The lowest BCUT2D eigenvalue weighted by Gasteiger charge is -2.23. The van der Waals surface area contributed by atoms with Crippen LogP contribution in [0.25, 0.3) is 0 Å². The highest BCUT2D eigenvalue weighted by Crippen LogP contribution is 2.40. The Hall–Kier alpha value is -4.28. The van der Waals surface area contributed by atoms with E-state index in [-0.39, 0.29) is 30.5 Å². The summed E-state index contributed by atoms with van der Waals surface area (Å²) in [6.45, 7) is 3.86. The van der Waals surface area contributed by atoms with Gasteiger partial charge in [0.1, 0.15) is 11.5 Å². The Balaban J connectivity index is 1.41. The van der Waals surface area contributed by atoms with Crippen LogP contribution in [-0.2, 0) is 22.7 Å². The summed E-state index contributed by atoms with van der Waals surface area (Å²) < 4.78 is 29.3. The molecule has 1 N–H and O–H groups in total. The fourth-order valence-electron chi connectivity index (χ4n) is 5.45. The number of ether oxygens (including phenoxy) is 5. The number of carbonyl (C=O) groups excluding carboxylic acids is 2. The van der Waals surface area contributed by atoms with Gasteiger partial charge in [-0.15, -0.1) is 0 Å². The second-order valence-electron chi connectivity index (χ2n) is 10.6. The maximum atomic E-state index is 13.2. The molecule has 2 aliphatic rings. The van der Waals surface area contributed by atoms with E-state index in [1.807, 2.05) is 49.4 Å². The molecule has 0 unspecified atom stereocenters. The second kappa shape index (κ2) is 12.7. The first kappa shape index (κ1) is 29.2. The summed E-state index contributed by atoms with van der Waals surface area (Å²) in [5.74, 6) is 2.43. The van der Waals surface area contributed by atoms with Gasteiger partial charge in [0.15, 0.2) is 11.5 Å². The van der Waals surface area contributed by atoms with Gasteiger partial charge in [-0.25, -0.2) is 0 Å². The van der Waals surface area contributed by atoms with Gasteiger partial charge in [0, 0.05) is 37.8 Å². The summed E-state index contributed by atoms with van der Waals surface area (Å²) >= 11 is 0. The van der Waals surface area contributed by atoms with Gasteiger partial charge in [-0.2, -0.15) is 0 Å². The van der Waals surface area contributed by atoms with E-state index in [2.05, 4.69) is 10.2 Å². The van der Waals surface area contributed by atoms with Gasteiger partial charge in [-0.05, 0) is 48.4 Å². The summed E-state index contributed by atoms with van der Waals surface area (Å²) in [7, 11) is 6.38. The highest BCUT2D eigenvalue weighted by Gasteiger charge is 2.36. The zero-order valence-electron chi connectivity index (χ0n) is 24.6. The van der Waals surface area contributed by atoms with Crippen LogP contribution in [0.4, 0.5) is 0 Å². The first-order valence-corrected chi connectivity index (χ1v) is 13.8. The van der Waals surface area contributed by atoms with Crippen molar-refractivity contribution in [3.8, 4) is 28.7 Å². The molecule has 2 amide bonds. The molecule has 5 rings (SSSR count). The zero-order valence-corrected chi connectivity index (χ0v) is 24.6. The summed E-state index contributed by atoms with van der Waals surface area (Å²) in [6.07, 6.45) is -0.284. The Morgan fingerprint density at radius 2 is 1.76 bits per heavy atom. The lowest BCUT2D eigenvalue weighted by Crippen LogP contribution is -2.48. The van der Waals surface area contributed by atoms with E-state index in [0.717, 1.165) is 16.7 Å². The molecule has 4 bridgehead atoms. The van der Waals surface area contributed by atoms with Crippen molar-refractivity contribution in [2.75, 3.05) is 48.0 Å². The summed E-state index contributed by atoms with van der Waals surface area (Å²) in [5.41, 5.74) is 3.21. The third kappa shape index (κ3) is 6.29.